The number of ether oxygens (including phenoxy) is 4. The normalized spacial score (nSPS) is 14.4. The standard InChI is InChI=1S/C81H142O17P2/c1-5-9-13-17-21-25-29-32-35-36-37-38-41-43-47-50-54-58-62-66-79(84)92-72-77(98-81(86)68-64-60-56-52-48-44-40-34-31-27-23-19-15-11-7-3)74-96-100(89,90)94-70-75(82)69-93-99(87,88)95-73-76(97-80(85)67-63-59-55-51-45-28-24-20-16-12-8-4)71-91-78(83)65-61-57-53-49-46-42-39-33-30-26-22-18-14-10-6-2/h9,13,21,25,32-35,37-40,43,47,54,58,75-77,82H,5-8,10-12,14-20,22-24,26-31,36,41-42,44-46,48-53,55-57,59-74H2,1-4H3,(H,87,88)(H,89,90)/b13-9-,25-21-,35-32-,38-37-,39-33-,40-34-,47-43-,58-54-. The van der Waals surface area contributed by atoms with E-state index in [1.807, 2.05) is 18.2 Å². The van der Waals surface area contributed by atoms with Crippen molar-refractivity contribution in [1.82, 2.24) is 0 Å². The van der Waals surface area contributed by atoms with Gasteiger partial charge in [-0.05, 0) is 116 Å². The van der Waals surface area contributed by atoms with E-state index in [0.29, 0.717) is 32.1 Å². The van der Waals surface area contributed by atoms with Gasteiger partial charge in [0, 0.05) is 25.7 Å². The smallest absolute Gasteiger partial charge is 0.462 e. The largest absolute Gasteiger partial charge is 0.472 e. The molecule has 19 heteroatoms. The molecule has 0 aliphatic carbocycles. The summed E-state index contributed by atoms with van der Waals surface area (Å²) in [5, 5.41) is 10.6. The molecule has 100 heavy (non-hydrogen) atoms. The summed E-state index contributed by atoms with van der Waals surface area (Å²) in [6.45, 7) is 4.67. The van der Waals surface area contributed by atoms with Gasteiger partial charge in [-0.15, -0.1) is 0 Å². The number of carbonyl (C=O) groups excluding carboxylic acids is 4. The average molecular weight is 1450 g/mol. The third-order valence-electron chi connectivity index (χ3n) is 16.5. The number of hydrogen-bond donors (Lipinski definition) is 3. The van der Waals surface area contributed by atoms with Crippen molar-refractivity contribution in [2.24, 2.45) is 0 Å². The molecule has 5 atom stereocenters. The zero-order chi connectivity index (χ0) is 73.2. The summed E-state index contributed by atoms with van der Waals surface area (Å²) in [5.41, 5.74) is 0. The fraction of sp³-hybridized carbons (Fsp3) is 0.753. The van der Waals surface area contributed by atoms with Crippen LogP contribution in [0.4, 0.5) is 0 Å². The molecule has 0 radical (unpaired) electrons. The maximum atomic E-state index is 13.1. The van der Waals surface area contributed by atoms with E-state index in [-0.39, 0.29) is 25.7 Å². The van der Waals surface area contributed by atoms with Crippen LogP contribution in [-0.2, 0) is 65.4 Å². The second kappa shape index (κ2) is 73.3. The summed E-state index contributed by atoms with van der Waals surface area (Å²) in [6, 6.07) is 0. The lowest BCUT2D eigenvalue weighted by Gasteiger charge is -2.21. The van der Waals surface area contributed by atoms with Crippen molar-refractivity contribution in [1.29, 1.82) is 0 Å². The molecule has 0 aliphatic heterocycles. The minimum absolute atomic E-state index is 0.0351. The number of aliphatic hydroxyl groups is 1. The highest BCUT2D eigenvalue weighted by Gasteiger charge is 2.30. The van der Waals surface area contributed by atoms with Gasteiger partial charge in [0.15, 0.2) is 12.2 Å². The van der Waals surface area contributed by atoms with Crippen molar-refractivity contribution in [3.8, 4) is 0 Å². The lowest BCUT2D eigenvalue weighted by atomic mass is 10.1. The van der Waals surface area contributed by atoms with Crippen molar-refractivity contribution < 1.29 is 80.2 Å². The molecular formula is C81H142O17P2. The van der Waals surface area contributed by atoms with Gasteiger partial charge in [0.25, 0.3) is 0 Å². The van der Waals surface area contributed by atoms with E-state index in [0.717, 1.165) is 135 Å². The summed E-state index contributed by atoms with van der Waals surface area (Å²) in [7, 11) is -9.97. The quantitative estimate of drug-likeness (QED) is 0.0169. The summed E-state index contributed by atoms with van der Waals surface area (Å²) < 4.78 is 68.4. The van der Waals surface area contributed by atoms with E-state index in [1.54, 1.807) is 0 Å². The Morgan fingerprint density at radius 2 is 0.540 bits per heavy atom. The zero-order valence-corrected chi connectivity index (χ0v) is 64.9. The van der Waals surface area contributed by atoms with Gasteiger partial charge in [0.2, 0.25) is 0 Å². The Kier molecular flexibility index (Phi) is 70.4. The SMILES string of the molecule is CC/C=C\C/C=C\C/C=C\C/C=C\C/C=C\C/C=C\CCC(=O)OCC(COP(=O)(O)OCC(O)COP(=O)(O)OCC(COC(=O)CCCCCCC/C=C\CCCCCCCC)OC(=O)CCCCCCCCCCCCC)OC(=O)CCCCCCC/C=C\CCCCCCCC. The third kappa shape index (κ3) is 72.3. The summed E-state index contributed by atoms with van der Waals surface area (Å²) in [4.78, 5) is 72.8. The highest BCUT2D eigenvalue weighted by Crippen LogP contribution is 2.45. The first-order chi connectivity index (χ1) is 48.7. The van der Waals surface area contributed by atoms with Crippen LogP contribution >= 0.6 is 15.6 Å². The van der Waals surface area contributed by atoms with Gasteiger partial charge in [0.1, 0.15) is 19.3 Å². The van der Waals surface area contributed by atoms with Gasteiger partial charge >= 0.3 is 39.5 Å². The van der Waals surface area contributed by atoms with Crippen LogP contribution in [0.25, 0.3) is 0 Å². The van der Waals surface area contributed by atoms with Gasteiger partial charge in [-0.2, -0.15) is 0 Å². The van der Waals surface area contributed by atoms with Crippen LogP contribution in [0.15, 0.2) is 97.2 Å². The molecule has 0 saturated heterocycles. The van der Waals surface area contributed by atoms with Crippen molar-refractivity contribution in [2.75, 3.05) is 39.6 Å². The van der Waals surface area contributed by atoms with E-state index in [2.05, 4.69) is 107 Å². The number of rotatable bonds is 74. The highest BCUT2D eigenvalue weighted by atomic mass is 31.2. The van der Waals surface area contributed by atoms with Crippen LogP contribution < -0.4 is 0 Å². The molecule has 0 heterocycles. The molecule has 0 fully saturated rings. The first-order valence-electron chi connectivity index (χ1n) is 39.5. The number of phosphoric ester groups is 2. The monoisotopic (exact) mass is 1450 g/mol. The molecule has 0 spiro atoms. The van der Waals surface area contributed by atoms with Crippen molar-refractivity contribution in [2.45, 2.75) is 354 Å². The number of carbonyl (C=O) groups is 4. The number of phosphoric acid groups is 2. The first kappa shape index (κ1) is 96.0. The summed E-state index contributed by atoms with van der Waals surface area (Å²) in [6.07, 6.45) is 76.9. The summed E-state index contributed by atoms with van der Waals surface area (Å²) >= 11 is 0. The average Bonchev–Trinajstić information content (AvgIpc) is 0.985. The van der Waals surface area contributed by atoms with Crippen LogP contribution in [0.5, 0.6) is 0 Å². The Morgan fingerprint density at radius 3 is 0.860 bits per heavy atom. The zero-order valence-electron chi connectivity index (χ0n) is 63.1. The first-order valence-corrected chi connectivity index (χ1v) is 42.5. The van der Waals surface area contributed by atoms with Crippen LogP contribution in [0, 0.1) is 0 Å². The molecule has 0 saturated carbocycles. The van der Waals surface area contributed by atoms with E-state index < -0.39 is 97.5 Å². The predicted molar refractivity (Wildman–Crippen MR) is 409 cm³/mol. The van der Waals surface area contributed by atoms with E-state index in [9.17, 15) is 43.2 Å². The molecule has 0 aromatic rings. The predicted octanol–water partition coefficient (Wildman–Crippen LogP) is 22.8. The van der Waals surface area contributed by atoms with Gasteiger partial charge in [-0.3, -0.25) is 37.3 Å². The molecule has 17 nitrogen and oxygen atoms in total. The number of unbranched alkanes of at least 4 members (excludes halogenated alkanes) is 32. The van der Waals surface area contributed by atoms with E-state index in [1.165, 1.54) is 116 Å². The Balaban J connectivity index is 5.39. The minimum atomic E-state index is -4.99. The van der Waals surface area contributed by atoms with Gasteiger partial charge in [0.05, 0.1) is 26.4 Å². The maximum Gasteiger partial charge on any atom is 0.472 e. The van der Waals surface area contributed by atoms with Crippen LogP contribution in [-0.4, -0.2) is 96.7 Å². The topological polar surface area (TPSA) is 237 Å². The van der Waals surface area contributed by atoms with E-state index in [4.69, 9.17) is 37.0 Å². The van der Waals surface area contributed by atoms with Crippen molar-refractivity contribution >= 4 is 39.5 Å². The maximum absolute atomic E-state index is 13.1. The number of esters is 4. The van der Waals surface area contributed by atoms with Gasteiger partial charge in [-0.1, -0.05) is 292 Å². The number of aliphatic hydroxyl groups excluding tert-OH is 1. The molecule has 578 valence electrons. The highest BCUT2D eigenvalue weighted by molar-refractivity contribution is 7.47. The second-order valence-electron chi connectivity index (χ2n) is 26.3. The molecule has 5 unspecified atom stereocenters. The fourth-order valence-electron chi connectivity index (χ4n) is 10.5. The third-order valence-corrected chi connectivity index (χ3v) is 18.4. The molecule has 0 bridgehead atoms. The fourth-order valence-corrected chi connectivity index (χ4v) is 12.1. The lowest BCUT2D eigenvalue weighted by Crippen LogP contribution is -2.30. The minimum Gasteiger partial charge on any atom is -0.462 e. The molecule has 0 aromatic carbocycles. The number of hydrogen-bond acceptors (Lipinski definition) is 15. The Hall–Kier alpha value is -4.02. The van der Waals surface area contributed by atoms with Crippen molar-refractivity contribution in [3.05, 3.63) is 97.2 Å². The Labute approximate surface area is 607 Å². The Bertz CT molecular complexity index is 2270. The molecular weight excluding hydrogens is 1310 g/mol. The molecule has 0 aromatic heterocycles. The van der Waals surface area contributed by atoms with Gasteiger partial charge in [-0.25, -0.2) is 9.13 Å². The van der Waals surface area contributed by atoms with Crippen LogP contribution in [0.3, 0.4) is 0 Å². The van der Waals surface area contributed by atoms with Crippen molar-refractivity contribution in [3.63, 3.8) is 0 Å². The molecule has 0 amide bonds. The molecule has 0 rings (SSSR count). The molecule has 0 aliphatic rings. The van der Waals surface area contributed by atoms with Crippen LogP contribution in [0.2, 0.25) is 0 Å². The second-order valence-corrected chi connectivity index (χ2v) is 29.2. The van der Waals surface area contributed by atoms with E-state index >= 15 is 0 Å². The summed E-state index contributed by atoms with van der Waals surface area (Å²) in [5.74, 6) is -2.27. The van der Waals surface area contributed by atoms with Gasteiger partial charge < -0.3 is 33.8 Å². The lowest BCUT2D eigenvalue weighted by molar-refractivity contribution is -0.161. The Morgan fingerprint density at radius 1 is 0.290 bits per heavy atom. The van der Waals surface area contributed by atoms with Crippen LogP contribution in [0.1, 0.15) is 336 Å². The number of allylic oxidation sites excluding steroid dienone is 16. The molecule has 3 N–H and O–H groups in total.